The molecule has 1 aliphatic rings. The van der Waals surface area contributed by atoms with E-state index in [1.807, 2.05) is 6.07 Å². The zero-order chi connectivity index (χ0) is 21.6. The van der Waals surface area contributed by atoms with Gasteiger partial charge in [-0.3, -0.25) is 9.59 Å². The van der Waals surface area contributed by atoms with Gasteiger partial charge in [-0.25, -0.2) is 0 Å². The molecule has 10 nitrogen and oxygen atoms in total. The van der Waals surface area contributed by atoms with E-state index in [0.29, 0.717) is 0 Å². The van der Waals surface area contributed by atoms with E-state index in [2.05, 4.69) is 0 Å². The van der Waals surface area contributed by atoms with Crippen LogP contribution in [0.5, 0.6) is 0 Å². The van der Waals surface area contributed by atoms with Crippen molar-refractivity contribution in [2.45, 2.75) is 62.7 Å². The van der Waals surface area contributed by atoms with E-state index < -0.39 is 67.7 Å². The van der Waals surface area contributed by atoms with Crippen molar-refractivity contribution < 1.29 is 49.3 Å². The van der Waals surface area contributed by atoms with Crippen LogP contribution in [0.15, 0.2) is 30.3 Å². The molecule has 0 spiro atoms. The highest BCUT2D eigenvalue weighted by Gasteiger charge is 2.45. The Labute approximate surface area is 167 Å². The number of carbonyl (C=O) groups excluding carboxylic acids is 1. The lowest BCUT2D eigenvalue weighted by atomic mass is 9.98. The highest BCUT2D eigenvalue weighted by Crippen LogP contribution is 2.24. The van der Waals surface area contributed by atoms with Crippen molar-refractivity contribution in [1.29, 1.82) is 0 Å². The summed E-state index contributed by atoms with van der Waals surface area (Å²) >= 11 is 0. The molecule has 1 saturated heterocycles. The second-order valence-corrected chi connectivity index (χ2v) is 7.24. The molecule has 0 radical (unpaired) electrons. The Bertz CT molecular complexity index is 677. The van der Waals surface area contributed by atoms with Gasteiger partial charge in [0.25, 0.3) is 0 Å². The summed E-state index contributed by atoms with van der Waals surface area (Å²) in [6.45, 7) is 0.774. The lowest BCUT2D eigenvalue weighted by Gasteiger charge is -2.40. The van der Waals surface area contributed by atoms with Gasteiger partial charge in [-0.05, 0) is 12.5 Å². The summed E-state index contributed by atoms with van der Waals surface area (Å²) in [5.41, 5.74) is -1.00. The van der Waals surface area contributed by atoms with Gasteiger partial charge < -0.3 is 39.7 Å². The topological polar surface area (TPSA) is 163 Å². The van der Waals surface area contributed by atoms with Gasteiger partial charge in [0.05, 0.1) is 25.0 Å². The smallest absolute Gasteiger partial charge is 0.308 e. The van der Waals surface area contributed by atoms with Crippen molar-refractivity contribution in [3.63, 3.8) is 0 Å². The van der Waals surface area contributed by atoms with Gasteiger partial charge in [-0.15, -0.1) is 0 Å². The van der Waals surface area contributed by atoms with Crippen LogP contribution < -0.4 is 0 Å². The monoisotopic (exact) mass is 414 g/mol. The van der Waals surface area contributed by atoms with E-state index >= 15 is 0 Å². The first-order valence-electron chi connectivity index (χ1n) is 9.04. The summed E-state index contributed by atoms with van der Waals surface area (Å²) < 4.78 is 15.8. The second-order valence-electron chi connectivity index (χ2n) is 7.24. The predicted molar refractivity (Wildman–Crippen MR) is 96.4 cm³/mol. The number of ether oxygens (including phenoxy) is 3. The number of carboxylic acid groups (broad SMARTS) is 1. The molecule has 10 heteroatoms. The van der Waals surface area contributed by atoms with Crippen molar-refractivity contribution in [2.75, 3.05) is 6.61 Å². The third-order valence-electron chi connectivity index (χ3n) is 4.39. The Hall–Kier alpha value is -2.08. The molecule has 5 N–H and O–H groups in total. The minimum absolute atomic E-state index is 0.0793. The van der Waals surface area contributed by atoms with Gasteiger partial charge in [-0.1, -0.05) is 30.3 Å². The van der Waals surface area contributed by atoms with Crippen LogP contribution in [0.4, 0.5) is 0 Å². The van der Waals surface area contributed by atoms with Crippen molar-refractivity contribution in [3.05, 3.63) is 35.9 Å². The molecule has 0 aromatic heterocycles. The largest absolute Gasteiger partial charge is 0.481 e. The normalized spacial score (nSPS) is 29.1. The van der Waals surface area contributed by atoms with Crippen LogP contribution in [0.1, 0.15) is 25.3 Å². The second kappa shape index (κ2) is 10.1. The van der Waals surface area contributed by atoms with Gasteiger partial charge in [0, 0.05) is 0 Å². The maximum atomic E-state index is 11.9. The van der Waals surface area contributed by atoms with E-state index in [1.165, 1.54) is 6.92 Å². The molecular weight excluding hydrogens is 388 g/mol. The van der Waals surface area contributed by atoms with Gasteiger partial charge in [0.2, 0.25) is 0 Å². The lowest BCUT2D eigenvalue weighted by molar-refractivity contribution is -0.304. The molecule has 1 aromatic rings. The van der Waals surface area contributed by atoms with E-state index in [9.17, 15) is 30.0 Å². The van der Waals surface area contributed by atoms with E-state index in [-0.39, 0.29) is 6.61 Å². The molecule has 2 rings (SSSR count). The molecule has 0 amide bonds. The summed E-state index contributed by atoms with van der Waals surface area (Å²) in [6.07, 6.45) is -8.35. The molecule has 1 aromatic carbocycles. The fourth-order valence-corrected chi connectivity index (χ4v) is 2.87. The fourth-order valence-electron chi connectivity index (χ4n) is 2.87. The Morgan fingerprint density at radius 1 is 1.07 bits per heavy atom. The molecule has 1 heterocycles. The first-order chi connectivity index (χ1) is 13.6. The molecule has 0 aliphatic carbocycles. The third-order valence-corrected chi connectivity index (χ3v) is 4.39. The van der Waals surface area contributed by atoms with Crippen molar-refractivity contribution in [2.24, 2.45) is 0 Å². The first kappa shape index (κ1) is 23.2. The van der Waals surface area contributed by atoms with Crippen LogP contribution in [-0.4, -0.2) is 80.4 Å². The maximum Gasteiger partial charge on any atom is 0.308 e. The summed E-state index contributed by atoms with van der Waals surface area (Å²) in [6, 6.07) is 9.02. The molecule has 29 heavy (non-hydrogen) atoms. The van der Waals surface area contributed by atoms with E-state index in [4.69, 9.17) is 19.3 Å². The molecule has 1 fully saturated rings. The number of aliphatic hydroxyl groups is 4. The average molecular weight is 414 g/mol. The summed E-state index contributed by atoms with van der Waals surface area (Å²) in [5.74, 6) is -2.18. The Balaban J connectivity index is 1.90. The average Bonchev–Trinajstić information content (AvgIpc) is 2.64. The van der Waals surface area contributed by atoms with E-state index in [0.717, 1.165) is 5.56 Å². The van der Waals surface area contributed by atoms with Gasteiger partial charge in [0.15, 0.2) is 6.29 Å². The number of benzene rings is 1. The minimum atomic E-state index is -1.80. The number of aliphatic carboxylic acids is 1. The molecule has 162 valence electrons. The minimum Gasteiger partial charge on any atom is -0.481 e. The number of carboxylic acids is 1. The van der Waals surface area contributed by atoms with Crippen molar-refractivity contribution >= 4 is 11.9 Å². The van der Waals surface area contributed by atoms with Crippen LogP contribution in [0.25, 0.3) is 0 Å². The Morgan fingerprint density at radius 2 is 1.72 bits per heavy atom. The highest BCUT2D eigenvalue weighted by molar-refractivity contribution is 5.73. The number of hydrogen-bond acceptors (Lipinski definition) is 9. The van der Waals surface area contributed by atoms with Crippen LogP contribution in [0, 0.1) is 0 Å². The molecule has 6 atom stereocenters. The summed E-state index contributed by atoms with van der Waals surface area (Å²) in [4.78, 5) is 22.6. The maximum absolute atomic E-state index is 11.9. The van der Waals surface area contributed by atoms with Gasteiger partial charge >= 0.3 is 11.9 Å². The lowest BCUT2D eigenvalue weighted by Crippen LogP contribution is -2.59. The predicted octanol–water partition coefficient (Wildman–Crippen LogP) is -0.830. The zero-order valence-electron chi connectivity index (χ0n) is 15.9. The summed E-state index contributed by atoms with van der Waals surface area (Å²) in [7, 11) is 0. The Morgan fingerprint density at radius 3 is 2.34 bits per heavy atom. The summed E-state index contributed by atoms with van der Waals surface area (Å²) in [5, 5.41) is 48.8. The zero-order valence-corrected chi connectivity index (χ0v) is 15.9. The molecule has 0 unspecified atom stereocenters. The standard InChI is InChI=1S/C19H26O10/c1-19(26,7-13(20)21)8-14(22)27-10-12-15(23)16(24)17(25)18(29-12)28-9-11-5-3-2-4-6-11/h2-6,12,15-18,23-26H,7-10H2,1H3,(H,20,21)/t12-,15+,16-,17+,18+,19-/m0/s1. The van der Waals surface area contributed by atoms with Gasteiger partial charge in [-0.2, -0.15) is 0 Å². The number of rotatable bonds is 9. The molecule has 0 bridgehead atoms. The van der Waals surface area contributed by atoms with Gasteiger partial charge in [0.1, 0.15) is 31.0 Å². The SMILES string of the molecule is C[C@](O)(CC(=O)O)CC(=O)OC[C@@H]1O[C@@H](OCc2ccccc2)[C@H](O)[C@@H](O)[C@@H]1O. The molecule has 0 saturated carbocycles. The van der Waals surface area contributed by atoms with Crippen LogP contribution in [0.2, 0.25) is 0 Å². The Kier molecular flexibility index (Phi) is 8.08. The number of hydrogen-bond donors (Lipinski definition) is 5. The molecule has 1 aliphatic heterocycles. The number of carbonyl (C=O) groups is 2. The van der Waals surface area contributed by atoms with E-state index in [1.54, 1.807) is 24.3 Å². The molecular formula is C19H26O10. The third kappa shape index (κ3) is 7.03. The van der Waals surface area contributed by atoms with Crippen LogP contribution in [0.3, 0.4) is 0 Å². The quantitative estimate of drug-likeness (QED) is 0.322. The fraction of sp³-hybridized carbons (Fsp3) is 0.579. The van der Waals surface area contributed by atoms with Crippen molar-refractivity contribution in [3.8, 4) is 0 Å². The number of aliphatic hydroxyl groups excluding tert-OH is 3. The van der Waals surface area contributed by atoms with Crippen LogP contribution >= 0.6 is 0 Å². The number of esters is 1. The first-order valence-corrected chi connectivity index (χ1v) is 9.04. The van der Waals surface area contributed by atoms with Crippen molar-refractivity contribution in [1.82, 2.24) is 0 Å². The van der Waals surface area contributed by atoms with Crippen LogP contribution in [-0.2, 0) is 30.4 Å². The highest BCUT2D eigenvalue weighted by atomic mass is 16.7.